The molecule has 1 aromatic heterocycles. The van der Waals surface area contributed by atoms with E-state index < -0.39 is 4.92 Å². The normalized spacial score (nSPS) is 11.2. The van der Waals surface area contributed by atoms with Gasteiger partial charge in [0.25, 0.3) is 0 Å². The maximum Gasteiger partial charge on any atom is 0.353 e. The van der Waals surface area contributed by atoms with E-state index in [0.29, 0.717) is 10.7 Å². The number of halogens is 1. The van der Waals surface area contributed by atoms with E-state index in [9.17, 15) is 10.1 Å². The number of aromatic nitrogens is 2. The molecule has 122 valence electrons. The summed E-state index contributed by atoms with van der Waals surface area (Å²) < 4.78 is 0. The molecule has 23 heavy (non-hydrogen) atoms. The standard InChI is InChI=1S/C15H18ClN5O2/c1-9-7-10(16)5-6-11(9)19-13-12(21(22)23)14(18-8-17-13)20-15(2,3)4/h5-8H,1-4H3,(H2,17,18,19,20). The first kappa shape index (κ1) is 17.0. The van der Waals surface area contributed by atoms with E-state index in [0.717, 1.165) is 5.56 Å². The first-order chi connectivity index (χ1) is 10.7. The Morgan fingerprint density at radius 3 is 2.43 bits per heavy atom. The quantitative estimate of drug-likeness (QED) is 0.639. The third kappa shape index (κ3) is 4.29. The molecule has 7 nitrogen and oxygen atoms in total. The van der Waals surface area contributed by atoms with Crippen LogP contribution in [0.5, 0.6) is 0 Å². The monoisotopic (exact) mass is 335 g/mol. The molecule has 0 amide bonds. The van der Waals surface area contributed by atoms with Gasteiger partial charge in [0.15, 0.2) is 0 Å². The summed E-state index contributed by atoms with van der Waals surface area (Å²) in [5.41, 5.74) is 0.984. The number of rotatable bonds is 4. The molecule has 0 atom stereocenters. The third-order valence-electron chi connectivity index (χ3n) is 2.94. The lowest BCUT2D eigenvalue weighted by Crippen LogP contribution is -2.27. The van der Waals surface area contributed by atoms with Crippen LogP contribution in [0.1, 0.15) is 26.3 Å². The molecule has 8 heteroatoms. The van der Waals surface area contributed by atoms with E-state index in [4.69, 9.17) is 11.6 Å². The molecule has 0 aliphatic rings. The van der Waals surface area contributed by atoms with E-state index >= 15 is 0 Å². The van der Waals surface area contributed by atoms with E-state index in [-0.39, 0.29) is 22.9 Å². The zero-order valence-electron chi connectivity index (χ0n) is 13.3. The highest BCUT2D eigenvalue weighted by Gasteiger charge is 2.26. The molecule has 2 aromatic rings. The second-order valence-electron chi connectivity index (χ2n) is 6.14. The summed E-state index contributed by atoms with van der Waals surface area (Å²) in [7, 11) is 0. The van der Waals surface area contributed by atoms with Crippen molar-refractivity contribution in [2.24, 2.45) is 0 Å². The number of anilines is 3. The molecule has 0 radical (unpaired) electrons. The molecular formula is C15H18ClN5O2. The number of hydrogen-bond donors (Lipinski definition) is 2. The second kappa shape index (κ2) is 6.37. The van der Waals surface area contributed by atoms with Gasteiger partial charge < -0.3 is 10.6 Å². The van der Waals surface area contributed by atoms with E-state index in [2.05, 4.69) is 20.6 Å². The molecule has 0 aliphatic carbocycles. The Balaban J connectivity index is 2.46. The lowest BCUT2D eigenvalue weighted by Gasteiger charge is -2.21. The van der Waals surface area contributed by atoms with Crippen molar-refractivity contribution in [3.8, 4) is 0 Å². The number of nitrogens with zero attached hydrogens (tertiary/aromatic N) is 3. The lowest BCUT2D eigenvalue weighted by atomic mass is 10.1. The SMILES string of the molecule is Cc1cc(Cl)ccc1Nc1ncnc(NC(C)(C)C)c1[N+](=O)[O-]. The van der Waals surface area contributed by atoms with E-state index in [1.54, 1.807) is 18.2 Å². The van der Waals surface area contributed by atoms with Crippen molar-refractivity contribution in [1.29, 1.82) is 0 Å². The minimum Gasteiger partial charge on any atom is -0.360 e. The average Bonchev–Trinajstić information content (AvgIpc) is 2.40. The summed E-state index contributed by atoms with van der Waals surface area (Å²) in [4.78, 5) is 19.0. The van der Waals surface area contributed by atoms with Gasteiger partial charge in [-0.2, -0.15) is 0 Å². The van der Waals surface area contributed by atoms with Gasteiger partial charge in [-0.1, -0.05) is 11.6 Å². The van der Waals surface area contributed by atoms with Gasteiger partial charge in [0.1, 0.15) is 6.33 Å². The summed E-state index contributed by atoms with van der Waals surface area (Å²) in [6.45, 7) is 7.55. The maximum absolute atomic E-state index is 11.5. The van der Waals surface area contributed by atoms with Crippen LogP contribution in [-0.4, -0.2) is 20.4 Å². The van der Waals surface area contributed by atoms with Crippen LogP contribution in [0.3, 0.4) is 0 Å². The first-order valence-corrected chi connectivity index (χ1v) is 7.36. The van der Waals surface area contributed by atoms with Crippen molar-refractivity contribution in [3.05, 3.63) is 45.2 Å². The molecule has 0 saturated carbocycles. The summed E-state index contributed by atoms with van der Waals surface area (Å²) in [5.74, 6) is 0.300. The maximum atomic E-state index is 11.5. The summed E-state index contributed by atoms with van der Waals surface area (Å²) in [5, 5.41) is 18.1. The molecule has 0 unspecified atom stereocenters. The Morgan fingerprint density at radius 1 is 1.22 bits per heavy atom. The van der Waals surface area contributed by atoms with E-state index in [1.807, 2.05) is 27.7 Å². The predicted molar refractivity (Wildman–Crippen MR) is 91.5 cm³/mol. The van der Waals surface area contributed by atoms with Gasteiger partial charge in [-0.05, 0) is 51.5 Å². The lowest BCUT2D eigenvalue weighted by molar-refractivity contribution is -0.383. The van der Waals surface area contributed by atoms with Crippen LogP contribution < -0.4 is 10.6 Å². The highest BCUT2D eigenvalue weighted by Crippen LogP contribution is 2.33. The minimum atomic E-state index is -0.498. The van der Waals surface area contributed by atoms with Gasteiger partial charge in [-0.25, -0.2) is 9.97 Å². The summed E-state index contributed by atoms with van der Waals surface area (Å²) in [6.07, 6.45) is 1.29. The topological polar surface area (TPSA) is 93.0 Å². The fourth-order valence-corrected chi connectivity index (χ4v) is 2.21. The van der Waals surface area contributed by atoms with Crippen molar-refractivity contribution in [2.45, 2.75) is 33.2 Å². The average molecular weight is 336 g/mol. The summed E-state index contributed by atoms with van der Waals surface area (Å²) >= 11 is 5.93. The third-order valence-corrected chi connectivity index (χ3v) is 3.17. The fraction of sp³-hybridized carbons (Fsp3) is 0.333. The largest absolute Gasteiger partial charge is 0.360 e. The fourth-order valence-electron chi connectivity index (χ4n) is 1.98. The highest BCUT2D eigenvalue weighted by atomic mass is 35.5. The number of aryl methyl sites for hydroxylation is 1. The molecule has 1 aromatic carbocycles. The summed E-state index contributed by atoms with van der Waals surface area (Å²) in [6, 6.07) is 5.23. The smallest absolute Gasteiger partial charge is 0.353 e. The molecule has 0 fully saturated rings. The van der Waals surface area contributed by atoms with Crippen LogP contribution in [0.2, 0.25) is 5.02 Å². The molecule has 0 bridgehead atoms. The molecule has 2 rings (SSSR count). The number of nitrogens with one attached hydrogen (secondary N) is 2. The molecule has 1 heterocycles. The molecule has 2 N–H and O–H groups in total. The van der Waals surface area contributed by atoms with Gasteiger partial charge in [-0.3, -0.25) is 10.1 Å². The van der Waals surface area contributed by atoms with Crippen molar-refractivity contribution in [2.75, 3.05) is 10.6 Å². The zero-order valence-corrected chi connectivity index (χ0v) is 14.1. The van der Waals surface area contributed by atoms with Gasteiger partial charge in [-0.15, -0.1) is 0 Å². The Hall–Kier alpha value is -2.41. The second-order valence-corrected chi connectivity index (χ2v) is 6.57. The van der Waals surface area contributed by atoms with Crippen molar-refractivity contribution < 1.29 is 4.92 Å². The van der Waals surface area contributed by atoms with Crippen LogP contribution in [0.15, 0.2) is 24.5 Å². The minimum absolute atomic E-state index is 0.127. The van der Waals surface area contributed by atoms with Gasteiger partial charge >= 0.3 is 5.69 Å². The Bertz CT molecular complexity index is 743. The van der Waals surface area contributed by atoms with E-state index in [1.165, 1.54) is 6.33 Å². The van der Waals surface area contributed by atoms with Crippen LogP contribution in [0.25, 0.3) is 0 Å². The Kier molecular flexibility index (Phi) is 4.70. The number of nitro groups is 1. The van der Waals surface area contributed by atoms with Gasteiger partial charge in [0.05, 0.1) is 4.92 Å². The molecule has 0 spiro atoms. The molecule has 0 aliphatic heterocycles. The zero-order chi connectivity index (χ0) is 17.2. The highest BCUT2D eigenvalue weighted by molar-refractivity contribution is 6.30. The predicted octanol–water partition coefficient (Wildman–Crippen LogP) is 4.30. The van der Waals surface area contributed by atoms with Crippen LogP contribution in [0.4, 0.5) is 23.0 Å². The van der Waals surface area contributed by atoms with Crippen LogP contribution >= 0.6 is 11.6 Å². The van der Waals surface area contributed by atoms with Gasteiger partial charge in [0.2, 0.25) is 11.6 Å². The number of hydrogen-bond acceptors (Lipinski definition) is 6. The Morgan fingerprint density at radius 2 is 1.87 bits per heavy atom. The van der Waals surface area contributed by atoms with Gasteiger partial charge in [0, 0.05) is 16.2 Å². The van der Waals surface area contributed by atoms with Crippen molar-refractivity contribution >= 4 is 34.6 Å². The van der Waals surface area contributed by atoms with Crippen molar-refractivity contribution in [3.63, 3.8) is 0 Å². The van der Waals surface area contributed by atoms with Crippen LogP contribution in [0, 0.1) is 17.0 Å². The number of benzene rings is 1. The molecule has 0 saturated heterocycles. The van der Waals surface area contributed by atoms with Crippen LogP contribution in [-0.2, 0) is 0 Å². The Labute approximate surface area is 139 Å². The van der Waals surface area contributed by atoms with Crippen molar-refractivity contribution in [1.82, 2.24) is 9.97 Å². The first-order valence-electron chi connectivity index (χ1n) is 6.98. The molecular weight excluding hydrogens is 318 g/mol.